The Morgan fingerprint density at radius 2 is 1.96 bits per heavy atom. The number of carboxylic acid groups (broad SMARTS) is 1. The van der Waals surface area contributed by atoms with Crippen molar-refractivity contribution >= 4 is 27.4 Å². The summed E-state index contributed by atoms with van der Waals surface area (Å²) in [6.45, 7) is 0. The lowest BCUT2D eigenvalue weighted by Crippen LogP contribution is -2.13. The first-order valence-corrected chi connectivity index (χ1v) is 7.91. The SMILES string of the molecule is COc1ccc(S(=O)(=O)Nc2cccc(C(=O)O)c2)cc1[N+](=O)[O-]. The molecule has 2 aromatic carbocycles. The zero-order valence-electron chi connectivity index (χ0n) is 12.3. The van der Waals surface area contributed by atoms with Gasteiger partial charge in [-0.25, -0.2) is 13.2 Å². The summed E-state index contributed by atoms with van der Waals surface area (Å²) in [5.41, 5.74) is -0.580. The molecule has 0 aliphatic heterocycles. The standard InChI is InChI=1S/C14H12N2O7S/c1-23-13-6-5-11(8-12(13)16(19)20)24(21,22)15-10-4-2-3-9(7-10)14(17)18/h2-8,15H,1H3,(H,17,18). The molecule has 0 amide bonds. The molecular formula is C14H12N2O7S. The van der Waals surface area contributed by atoms with Gasteiger partial charge in [0.2, 0.25) is 0 Å². The fraction of sp³-hybridized carbons (Fsp3) is 0.0714. The van der Waals surface area contributed by atoms with Gasteiger partial charge < -0.3 is 9.84 Å². The molecule has 0 aromatic heterocycles. The number of nitrogens with one attached hydrogen (secondary N) is 1. The van der Waals surface area contributed by atoms with Gasteiger partial charge in [-0.15, -0.1) is 0 Å². The van der Waals surface area contributed by atoms with Gasteiger partial charge in [0.15, 0.2) is 5.75 Å². The van der Waals surface area contributed by atoms with Gasteiger partial charge in [0, 0.05) is 11.8 Å². The molecule has 0 aliphatic rings. The second-order valence-corrected chi connectivity index (χ2v) is 6.26. The van der Waals surface area contributed by atoms with Crippen LogP contribution < -0.4 is 9.46 Å². The van der Waals surface area contributed by atoms with Crippen molar-refractivity contribution in [2.45, 2.75) is 4.90 Å². The van der Waals surface area contributed by atoms with Crippen LogP contribution in [-0.2, 0) is 10.0 Å². The monoisotopic (exact) mass is 352 g/mol. The number of sulfonamides is 1. The van der Waals surface area contributed by atoms with E-state index in [9.17, 15) is 23.3 Å². The van der Waals surface area contributed by atoms with Gasteiger partial charge in [0.25, 0.3) is 10.0 Å². The molecule has 0 bridgehead atoms. The topological polar surface area (TPSA) is 136 Å². The van der Waals surface area contributed by atoms with Crippen LogP contribution in [0.2, 0.25) is 0 Å². The zero-order valence-corrected chi connectivity index (χ0v) is 13.1. The lowest BCUT2D eigenvalue weighted by atomic mass is 10.2. The number of nitrogens with zero attached hydrogens (tertiary/aromatic N) is 1. The van der Waals surface area contributed by atoms with E-state index < -0.39 is 26.6 Å². The Kier molecular flexibility index (Phi) is 4.69. The Bertz CT molecular complexity index is 909. The molecule has 0 fully saturated rings. The lowest BCUT2D eigenvalue weighted by Gasteiger charge is -2.09. The van der Waals surface area contributed by atoms with Crippen LogP contribution in [-0.4, -0.2) is 31.5 Å². The van der Waals surface area contributed by atoms with Crippen LogP contribution in [0.25, 0.3) is 0 Å². The predicted molar refractivity (Wildman–Crippen MR) is 83.9 cm³/mol. The van der Waals surface area contributed by atoms with Crippen LogP contribution in [0.3, 0.4) is 0 Å². The second kappa shape index (κ2) is 6.54. The number of carbonyl (C=O) groups is 1. The van der Waals surface area contributed by atoms with Crippen LogP contribution in [0, 0.1) is 10.1 Å². The Balaban J connectivity index is 2.41. The van der Waals surface area contributed by atoms with Gasteiger partial charge in [0.1, 0.15) is 0 Å². The number of hydrogen-bond donors (Lipinski definition) is 2. The van der Waals surface area contributed by atoms with Crippen molar-refractivity contribution in [3.8, 4) is 5.75 Å². The van der Waals surface area contributed by atoms with Crippen LogP contribution >= 0.6 is 0 Å². The van der Waals surface area contributed by atoms with Gasteiger partial charge in [-0.3, -0.25) is 14.8 Å². The quantitative estimate of drug-likeness (QED) is 0.600. The summed E-state index contributed by atoms with van der Waals surface area (Å²) in [7, 11) is -2.91. The first-order chi connectivity index (χ1) is 11.2. The molecular weight excluding hydrogens is 340 g/mol. The van der Waals surface area contributed by atoms with Crippen molar-refractivity contribution in [2.75, 3.05) is 11.8 Å². The average molecular weight is 352 g/mol. The van der Waals surface area contributed by atoms with E-state index in [0.717, 1.165) is 18.2 Å². The predicted octanol–water partition coefficient (Wildman–Crippen LogP) is 2.10. The normalized spacial score (nSPS) is 10.9. The molecule has 0 atom stereocenters. The van der Waals surface area contributed by atoms with Crippen molar-refractivity contribution < 1.29 is 28.0 Å². The van der Waals surface area contributed by atoms with E-state index in [-0.39, 0.29) is 21.9 Å². The molecule has 10 heteroatoms. The van der Waals surface area contributed by atoms with E-state index in [1.165, 1.54) is 31.4 Å². The minimum Gasteiger partial charge on any atom is -0.490 e. The van der Waals surface area contributed by atoms with Crippen LogP contribution in [0.15, 0.2) is 47.4 Å². The second-order valence-electron chi connectivity index (χ2n) is 4.58. The Labute approximate surface area is 136 Å². The third kappa shape index (κ3) is 3.60. The first-order valence-electron chi connectivity index (χ1n) is 6.43. The third-order valence-corrected chi connectivity index (χ3v) is 4.40. The maximum atomic E-state index is 12.3. The first kappa shape index (κ1) is 17.2. The van der Waals surface area contributed by atoms with Crippen LogP contribution in [0.5, 0.6) is 5.75 Å². The number of rotatable bonds is 6. The Hall–Kier alpha value is -3.14. The smallest absolute Gasteiger partial charge is 0.335 e. The molecule has 0 heterocycles. The lowest BCUT2D eigenvalue weighted by molar-refractivity contribution is -0.386. The highest BCUT2D eigenvalue weighted by Gasteiger charge is 2.22. The minimum absolute atomic E-state index is 0.0216. The summed E-state index contributed by atoms with van der Waals surface area (Å²) in [5.74, 6) is -1.29. The third-order valence-electron chi connectivity index (χ3n) is 3.02. The zero-order chi connectivity index (χ0) is 17.9. The van der Waals surface area contributed by atoms with Crippen molar-refractivity contribution in [1.29, 1.82) is 0 Å². The van der Waals surface area contributed by atoms with Crippen molar-refractivity contribution in [2.24, 2.45) is 0 Å². The van der Waals surface area contributed by atoms with Gasteiger partial charge >= 0.3 is 11.7 Å². The molecule has 0 unspecified atom stereocenters. The highest BCUT2D eigenvalue weighted by atomic mass is 32.2. The summed E-state index contributed by atoms with van der Waals surface area (Å²) in [6.07, 6.45) is 0. The van der Waals surface area contributed by atoms with Crippen molar-refractivity contribution in [1.82, 2.24) is 0 Å². The molecule has 0 aliphatic carbocycles. The van der Waals surface area contributed by atoms with Gasteiger partial charge in [-0.1, -0.05) is 6.07 Å². The number of carboxylic acids is 1. The van der Waals surface area contributed by atoms with Crippen molar-refractivity contribution in [3.63, 3.8) is 0 Å². The van der Waals surface area contributed by atoms with E-state index in [2.05, 4.69) is 4.72 Å². The number of methoxy groups -OCH3 is 1. The molecule has 2 rings (SSSR count). The average Bonchev–Trinajstić information content (AvgIpc) is 2.53. The molecule has 126 valence electrons. The van der Waals surface area contributed by atoms with E-state index in [1.54, 1.807) is 0 Å². The van der Waals surface area contributed by atoms with Gasteiger partial charge in [-0.2, -0.15) is 0 Å². The van der Waals surface area contributed by atoms with Gasteiger partial charge in [-0.05, 0) is 30.3 Å². The molecule has 2 aromatic rings. The number of nitro groups is 1. The Morgan fingerprint density at radius 3 is 2.54 bits per heavy atom. The maximum absolute atomic E-state index is 12.3. The van der Waals surface area contributed by atoms with Crippen LogP contribution in [0.4, 0.5) is 11.4 Å². The van der Waals surface area contributed by atoms with Crippen LogP contribution in [0.1, 0.15) is 10.4 Å². The summed E-state index contributed by atoms with van der Waals surface area (Å²) >= 11 is 0. The number of benzene rings is 2. The number of nitro benzene ring substituents is 1. The molecule has 0 radical (unpaired) electrons. The van der Waals surface area contributed by atoms with E-state index in [4.69, 9.17) is 9.84 Å². The molecule has 9 nitrogen and oxygen atoms in total. The summed E-state index contributed by atoms with van der Waals surface area (Å²) in [6, 6.07) is 8.35. The number of anilines is 1. The molecule has 2 N–H and O–H groups in total. The van der Waals surface area contributed by atoms with E-state index in [1.807, 2.05) is 0 Å². The van der Waals surface area contributed by atoms with E-state index >= 15 is 0 Å². The highest BCUT2D eigenvalue weighted by Crippen LogP contribution is 2.30. The molecule has 0 saturated carbocycles. The van der Waals surface area contributed by atoms with E-state index in [0.29, 0.717) is 0 Å². The maximum Gasteiger partial charge on any atom is 0.335 e. The number of ether oxygens (including phenoxy) is 1. The minimum atomic E-state index is -4.14. The summed E-state index contributed by atoms with van der Waals surface area (Å²) < 4.78 is 31.7. The molecule has 0 saturated heterocycles. The largest absolute Gasteiger partial charge is 0.490 e. The highest BCUT2D eigenvalue weighted by molar-refractivity contribution is 7.92. The number of hydrogen-bond acceptors (Lipinski definition) is 6. The molecule has 0 spiro atoms. The van der Waals surface area contributed by atoms with Crippen molar-refractivity contribution in [3.05, 3.63) is 58.1 Å². The summed E-state index contributed by atoms with van der Waals surface area (Å²) in [5, 5.41) is 19.9. The molecule has 24 heavy (non-hydrogen) atoms. The fourth-order valence-corrected chi connectivity index (χ4v) is 2.98. The number of aromatic carboxylic acids is 1. The fourth-order valence-electron chi connectivity index (χ4n) is 1.91. The van der Waals surface area contributed by atoms with Gasteiger partial charge in [0.05, 0.1) is 22.5 Å². The summed E-state index contributed by atoms with van der Waals surface area (Å²) in [4.78, 5) is 20.8. The Morgan fingerprint density at radius 1 is 1.25 bits per heavy atom.